The predicted molar refractivity (Wildman–Crippen MR) is 66.8 cm³/mol. The minimum atomic E-state index is -0.201. The third-order valence-electron chi connectivity index (χ3n) is 2.23. The van der Waals surface area contributed by atoms with Gasteiger partial charge in [0.05, 0.1) is 0 Å². The number of halogens is 1. The van der Waals surface area contributed by atoms with Gasteiger partial charge in [-0.05, 0) is 29.8 Å². The van der Waals surface area contributed by atoms with Crippen LogP contribution < -0.4 is 5.73 Å². The van der Waals surface area contributed by atoms with Gasteiger partial charge in [-0.2, -0.15) is 0 Å². The smallest absolute Gasteiger partial charge is 0.123 e. The SMILES string of the molecule is Nc1ccccc1SCc1ccc(F)cc1. The Labute approximate surface area is 98.5 Å². The summed E-state index contributed by atoms with van der Waals surface area (Å²) in [4.78, 5) is 1.06. The number of para-hydroxylation sites is 1. The van der Waals surface area contributed by atoms with E-state index in [1.54, 1.807) is 23.9 Å². The summed E-state index contributed by atoms with van der Waals surface area (Å²) in [5.74, 6) is 0.599. The van der Waals surface area contributed by atoms with Crippen LogP contribution in [0.15, 0.2) is 53.4 Å². The first kappa shape index (κ1) is 11.0. The monoisotopic (exact) mass is 233 g/mol. The molecule has 0 fully saturated rings. The fraction of sp³-hybridized carbons (Fsp3) is 0.0769. The number of nitrogens with two attached hydrogens (primary N) is 1. The van der Waals surface area contributed by atoms with Gasteiger partial charge in [0.1, 0.15) is 5.82 Å². The van der Waals surface area contributed by atoms with Crippen molar-refractivity contribution >= 4 is 17.4 Å². The van der Waals surface area contributed by atoms with Crippen molar-refractivity contribution in [2.45, 2.75) is 10.6 Å². The maximum atomic E-state index is 12.7. The zero-order chi connectivity index (χ0) is 11.4. The molecule has 1 nitrogen and oxygen atoms in total. The lowest BCUT2D eigenvalue weighted by atomic mass is 10.2. The molecule has 0 saturated heterocycles. The Hall–Kier alpha value is -1.48. The molecule has 0 heterocycles. The largest absolute Gasteiger partial charge is 0.398 e. The van der Waals surface area contributed by atoms with Crippen LogP contribution >= 0.6 is 11.8 Å². The average Bonchev–Trinajstić information content (AvgIpc) is 2.30. The number of benzene rings is 2. The number of hydrogen-bond acceptors (Lipinski definition) is 2. The Morgan fingerprint density at radius 2 is 1.69 bits per heavy atom. The molecule has 0 aliphatic rings. The van der Waals surface area contributed by atoms with Gasteiger partial charge >= 0.3 is 0 Å². The van der Waals surface area contributed by atoms with Crippen LogP contribution in [0.1, 0.15) is 5.56 Å². The molecule has 0 aliphatic heterocycles. The van der Waals surface area contributed by atoms with E-state index in [0.29, 0.717) is 0 Å². The van der Waals surface area contributed by atoms with Gasteiger partial charge in [0.25, 0.3) is 0 Å². The highest BCUT2D eigenvalue weighted by Crippen LogP contribution is 2.27. The van der Waals surface area contributed by atoms with Crippen molar-refractivity contribution in [2.24, 2.45) is 0 Å². The highest BCUT2D eigenvalue weighted by atomic mass is 32.2. The highest BCUT2D eigenvalue weighted by Gasteiger charge is 1.99. The van der Waals surface area contributed by atoms with Crippen LogP contribution in [0.4, 0.5) is 10.1 Å². The predicted octanol–water partition coefficient (Wildman–Crippen LogP) is 3.70. The molecule has 2 aromatic carbocycles. The summed E-state index contributed by atoms with van der Waals surface area (Å²) < 4.78 is 12.7. The van der Waals surface area contributed by atoms with E-state index in [4.69, 9.17) is 5.73 Å². The quantitative estimate of drug-likeness (QED) is 0.646. The molecule has 0 atom stereocenters. The highest BCUT2D eigenvalue weighted by molar-refractivity contribution is 7.98. The molecule has 2 rings (SSSR count). The Bertz CT molecular complexity index is 468. The summed E-state index contributed by atoms with van der Waals surface area (Å²) in [5.41, 5.74) is 7.71. The molecule has 0 aliphatic carbocycles. The van der Waals surface area contributed by atoms with Crippen LogP contribution in [0, 0.1) is 5.82 Å². The summed E-state index contributed by atoms with van der Waals surface area (Å²) in [6, 6.07) is 14.3. The van der Waals surface area contributed by atoms with Crippen LogP contribution in [0.5, 0.6) is 0 Å². The van der Waals surface area contributed by atoms with E-state index in [9.17, 15) is 4.39 Å². The normalized spacial score (nSPS) is 10.3. The second-order valence-corrected chi connectivity index (χ2v) is 4.47. The van der Waals surface area contributed by atoms with Crippen LogP contribution in [-0.2, 0) is 5.75 Å². The summed E-state index contributed by atoms with van der Waals surface area (Å²) >= 11 is 1.66. The molecule has 2 N–H and O–H groups in total. The van der Waals surface area contributed by atoms with Crippen LogP contribution in [0.3, 0.4) is 0 Å². The van der Waals surface area contributed by atoms with Gasteiger partial charge in [-0.3, -0.25) is 0 Å². The van der Waals surface area contributed by atoms with E-state index in [1.165, 1.54) is 12.1 Å². The Morgan fingerprint density at radius 3 is 2.38 bits per heavy atom. The standard InChI is InChI=1S/C13H12FNS/c14-11-7-5-10(6-8-11)9-16-13-4-2-1-3-12(13)15/h1-8H,9,15H2. The van der Waals surface area contributed by atoms with Gasteiger partial charge in [0.15, 0.2) is 0 Å². The van der Waals surface area contributed by atoms with Crippen LogP contribution in [-0.4, -0.2) is 0 Å². The van der Waals surface area contributed by atoms with E-state index in [1.807, 2.05) is 24.3 Å². The van der Waals surface area contributed by atoms with Crippen LogP contribution in [0.25, 0.3) is 0 Å². The van der Waals surface area contributed by atoms with Gasteiger partial charge in [-0.25, -0.2) is 4.39 Å². The molecule has 0 saturated carbocycles. The van der Waals surface area contributed by atoms with Crippen molar-refractivity contribution in [3.8, 4) is 0 Å². The fourth-order valence-corrected chi connectivity index (χ4v) is 2.28. The topological polar surface area (TPSA) is 26.0 Å². The molecule has 0 unspecified atom stereocenters. The van der Waals surface area contributed by atoms with Gasteiger partial charge in [0.2, 0.25) is 0 Å². The van der Waals surface area contributed by atoms with Gasteiger partial charge in [0, 0.05) is 16.3 Å². The fourth-order valence-electron chi connectivity index (χ4n) is 1.35. The molecule has 0 amide bonds. The first-order chi connectivity index (χ1) is 7.75. The lowest BCUT2D eigenvalue weighted by Crippen LogP contribution is -1.88. The Morgan fingerprint density at radius 1 is 1.00 bits per heavy atom. The first-order valence-corrected chi connectivity index (χ1v) is 5.96. The number of anilines is 1. The minimum Gasteiger partial charge on any atom is -0.398 e. The van der Waals surface area contributed by atoms with Crippen molar-refractivity contribution in [1.29, 1.82) is 0 Å². The summed E-state index contributed by atoms with van der Waals surface area (Å²) in [7, 11) is 0. The van der Waals surface area contributed by atoms with Crippen LogP contribution in [0.2, 0.25) is 0 Å². The molecule has 16 heavy (non-hydrogen) atoms. The molecule has 0 aromatic heterocycles. The van der Waals surface area contributed by atoms with Crippen molar-refractivity contribution in [2.75, 3.05) is 5.73 Å². The molecular weight excluding hydrogens is 221 g/mol. The molecule has 0 radical (unpaired) electrons. The Kier molecular flexibility index (Phi) is 3.47. The summed E-state index contributed by atoms with van der Waals surface area (Å²) in [5, 5.41) is 0. The molecule has 0 bridgehead atoms. The third kappa shape index (κ3) is 2.76. The van der Waals surface area contributed by atoms with Crippen molar-refractivity contribution < 1.29 is 4.39 Å². The van der Waals surface area contributed by atoms with Crippen molar-refractivity contribution in [3.63, 3.8) is 0 Å². The maximum Gasteiger partial charge on any atom is 0.123 e. The molecule has 2 aromatic rings. The molecule has 3 heteroatoms. The zero-order valence-electron chi connectivity index (χ0n) is 8.69. The average molecular weight is 233 g/mol. The molecular formula is C13H12FNS. The lowest BCUT2D eigenvalue weighted by Gasteiger charge is -2.04. The van der Waals surface area contributed by atoms with E-state index in [-0.39, 0.29) is 5.82 Å². The number of nitrogen functional groups attached to an aromatic ring is 1. The van der Waals surface area contributed by atoms with E-state index in [0.717, 1.165) is 21.9 Å². The van der Waals surface area contributed by atoms with E-state index in [2.05, 4.69) is 0 Å². The maximum absolute atomic E-state index is 12.7. The zero-order valence-corrected chi connectivity index (χ0v) is 9.51. The van der Waals surface area contributed by atoms with Gasteiger partial charge in [-0.1, -0.05) is 24.3 Å². The number of hydrogen-bond donors (Lipinski definition) is 1. The van der Waals surface area contributed by atoms with E-state index < -0.39 is 0 Å². The first-order valence-electron chi connectivity index (χ1n) is 4.97. The third-order valence-corrected chi connectivity index (χ3v) is 3.39. The second kappa shape index (κ2) is 5.03. The summed E-state index contributed by atoms with van der Waals surface area (Å²) in [6.07, 6.45) is 0. The van der Waals surface area contributed by atoms with Crippen molar-refractivity contribution in [3.05, 3.63) is 59.9 Å². The van der Waals surface area contributed by atoms with Crippen molar-refractivity contribution in [1.82, 2.24) is 0 Å². The minimum absolute atomic E-state index is 0.201. The second-order valence-electron chi connectivity index (χ2n) is 3.45. The van der Waals surface area contributed by atoms with Gasteiger partial charge in [-0.15, -0.1) is 11.8 Å². The lowest BCUT2D eigenvalue weighted by molar-refractivity contribution is 0.627. The number of rotatable bonds is 3. The number of thioether (sulfide) groups is 1. The van der Waals surface area contributed by atoms with E-state index >= 15 is 0 Å². The molecule has 0 spiro atoms. The summed E-state index contributed by atoms with van der Waals surface area (Å²) in [6.45, 7) is 0. The van der Waals surface area contributed by atoms with Gasteiger partial charge < -0.3 is 5.73 Å². The molecule has 82 valence electrons. The Balaban J connectivity index is 2.02.